The van der Waals surface area contributed by atoms with Crippen molar-refractivity contribution in [1.82, 2.24) is 25.5 Å². The van der Waals surface area contributed by atoms with Crippen LogP contribution in [0.3, 0.4) is 0 Å². The molecule has 0 fully saturated rings. The van der Waals surface area contributed by atoms with Crippen molar-refractivity contribution in [1.29, 1.82) is 0 Å². The molecule has 152 valence electrons. The number of hydrogen-bond acceptors (Lipinski definition) is 7. The Morgan fingerprint density at radius 2 is 1.97 bits per heavy atom. The number of carbonyl (C=O) groups excluding carboxylic acids is 2. The molecule has 1 unspecified atom stereocenters. The van der Waals surface area contributed by atoms with E-state index in [1.54, 1.807) is 12.1 Å². The van der Waals surface area contributed by atoms with Crippen LogP contribution in [0.2, 0.25) is 0 Å². The van der Waals surface area contributed by atoms with Crippen LogP contribution in [-0.2, 0) is 4.79 Å². The first-order valence-electron chi connectivity index (χ1n) is 9.05. The monoisotopic (exact) mass is 430 g/mol. The Morgan fingerprint density at radius 1 is 1.21 bits per heavy atom. The van der Waals surface area contributed by atoms with Gasteiger partial charge in [0, 0.05) is 10.9 Å². The summed E-state index contributed by atoms with van der Waals surface area (Å²) in [6, 6.07) is 8.70. The lowest BCUT2D eigenvalue weighted by molar-refractivity contribution is -0.113. The van der Waals surface area contributed by atoms with Gasteiger partial charge in [-0.1, -0.05) is 43.8 Å². The Labute approximate surface area is 176 Å². The van der Waals surface area contributed by atoms with E-state index >= 15 is 0 Å². The molecule has 3 aromatic rings. The molecule has 0 radical (unpaired) electrons. The molecular weight excluding hydrogens is 408 g/mol. The molecule has 0 aliphatic rings. The van der Waals surface area contributed by atoms with Gasteiger partial charge < -0.3 is 10.6 Å². The molecule has 3 N–H and O–H groups in total. The summed E-state index contributed by atoms with van der Waals surface area (Å²) in [5.74, 6) is 0.479. The summed E-state index contributed by atoms with van der Waals surface area (Å²) in [4.78, 5) is 33.2. The van der Waals surface area contributed by atoms with Crippen LogP contribution >= 0.6 is 23.1 Å². The number of rotatable bonds is 8. The zero-order valence-electron chi connectivity index (χ0n) is 16.3. The van der Waals surface area contributed by atoms with Crippen molar-refractivity contribution in [3.8, 4) is 0 Å². The molecule has 8 nitrogen and oxygen atoms in total. The molecule has 0 aliphatic carbocycles. The number of amides is 2. The number of aromatic amines is 1. The number of hydrogen-bond donors (Lipinski definition) is 3. The highest BCUT2D eigenvalue weighted by Gasteiger charge is 2.23. The van der Waals surface area contributed by atoms with Gasteiger partial charge in [0.1, 0.15) is 5.82 Å². The molecule has 2 amide bonds. The van der Waals surface area contributed by atoms with Crippen LogP contribution in [0.5, 0.6) is 0 Å². The molecule has 0 spiro atoms. The number of thioether (sulfide) groups is 1. The van der Waals surface area contributed by atoms with E-state index in [2.05, 4.69) is 30.8 Å². The fraction of sp³-hybridized carbons (Fsp3) is 0.316. The van der Waals surface area contributed by atoms with Crippen LogP contribution in [0.1, 0.15) is 41.8 Å². The maximum absolute atomic E-state index is 12.5. The average Bonchev–Trinajstić information content (AvgIpc) is 3.33. The minimum atomic E-state index is -0.323. The standard InChI is InChI=1S/C19H22N6O2S2/c1-11(2)15(22-17(27)13-7-5-4-6-8-13)16-23-19(25-24-16)29-10-14(26)21-18-20-12(3)9-28-18/h4-9,11,15H,10H2,1-3H3,(H,22,27)(H,20,21,26)(H,23,24,25). The van der Waals surface area contributed by atoms with Gasteiger partial charge in [0.05, 0.1) is 17.5 Å². The van der Waals surface area contributed by atoms with E-state index in [4.69, 9.17) is 0 Å². The molecule has 0 aliphatic heterocycles. The lowest BCUT2D eigenvalue weighted by Gasteiger charge is -2.19. The van der Waals surface area contributed by atoms with Crippen LogP contribution in [0.15, 0.2) is 40.9 Å². The number of carbonyl (C=O) groups is 2. The summed E-state index contributed by atoms with van der Waals surface area (Å²) < 4.78 is 0. The highest BCUT2D eigenvalue weighted by Crippen LogP contribution is 2.22. The van der Waals surface area contributed by atoms with E-state index in [9.17, 15) is 9.59 Å². The Bertz CT molecular complexity index is 970. The van der Waals surface area contributed by atoms with Crippen molar-refractivity contribution in [3.05, 3.63) is 52.8 Å². The first kappa shape index (κ1) is 21.0. The molecule has 10 heteroatoms. The smallest absolute Gasteiger partial charge is 0.251 e. The first-order chi connectivity index (χ1) is 13.9. The molecular formula is C19H22N6O2S2. The lowest BCUT2D eigenvalue weighted by Crippen LogP contribution is -2.32. The van der Waals surface area contributed by atoms with Gasteiger partial charge in [0.2, 0.25) is 11.1 Å². The number of anilines is 1. The summed E-state index contributed by atoms with van der Waals surface area (Å²) in [5.41, 5.74) is 1.45. The van der Waals surface area contributed by atoms with E-state index in [-0.39, 0.29) is 29.5 Å². The number of nitrogens with zero attached hydrogens (tertiary/aromatic N) is 3. The normalized spacial score (nSPS) is 12.0. The largest absolute Gasteiger partial charge is 0.342 e. The fourth-order valence-corrected chi connectivity index (χ4v) is 3.83. The van der Waals surface area contributed by atoms with Crippen molar-refractivity contribution in [2.24, 2.45) is 5.92 Å². The number of benzene rings is 1. The molecule has 0 saturated carbocycles. The molecule has 3 rings (SSSR count). The summed E-state index contributed by atoms with van der Waals surface area (Å²) in [5, 5.41) is 15.7. The Kier molecular flexibility index (Phi) is 6.99. The van der Waals surface area contributed by atoms with Gasteiger partial charge in [0.15, 0.2) is 5.13 Å². The van der Waals surface area contributed by atoms with E-state index in [1.165, 1.54) is 23.1 Å². The van der Waals surface area contributed by atoms with Gasteiger partial charge in [0.25, 0.3) is 5.91 Å². The maximum Gasteiger partial charge on any atom is 0.251 e. The predicted molar refractivity (Wildman–Crippen MR) is 114 cm³/mol. The highest BCUT2D eigenvalue weighted by molar-refractivity contribution is 7.99. The third-order valence-electron chi connectivity index (χ3n) is 3.96. The van der Waals surface area contributed by atoms with Gasteiger partial charge in [-0.05, 0) is 25.0 Å². The van der Waals surface area contributed by atoms with E-state index in [0.29, 0.717) is 21.7 Å². The zero-order chi connectivity index (χ0) is 20.8. The predicted octanol–water partition coefficient (Wildman–Crippen LogP) is 3.43. The second-order valence-corrected chi connectivity index (χ2v) is 8.50. The molecule has 29 heavy (non-hydrogen) atoms. The lowest BCUT2D eigenvalue weighted by atomic mass is 10.0. The molecule has 0 saturated heterocycles. The van der Waals surface area contributed by atoms with Crippen molar-refractivity contribution < 1.29 is 9.59 Å². The van der Waals surface area contributed by atoms with Crippen molar-refractivity contribution in [3.63, 3.8) is 0 Å². The summed E-state index contributed by atoms with van der Waals surface area (Å²) in [7, 11) is 0. The van der Waals surface area contributed by atoms with E-state index in [0.717, 1.165) is 5.69 Å². The Balaban J connectivity index is 1.58. The van der Waals surface area contributed by atoms with Gasteiger partial charge in [-0.3, -0.25) is 14.7 Å². The van der Waals surface area contributed by atoms with Crippen LogP contribution in [0, 0.1) is 12.8 Å². The average molecular weight is 431 g/mol. The molecule has 1 aromatic carbocycles. The van der Waals surface area contributed by atoms with Gasteiger partial charge in [-0.15, -0.1) is 16.4 Å². The molecule has 2 heterocycles. The van der Waals surface area contributed by atoms with E-state index < -0.39 is 0 Å². The minimum absolute atomic E-state index is 0.102. The number of aromatic nitrogens is 4. The first-order valence-corrected chi connectivity index (χ1v) is 10.9. The van der Waals surface area contributed by atoms with Crippen molar-refractivity contribution in [2.45, 2.75) is 32.0 Å². The molecule has 0 bridgehead atoms. The van der Waals surface area contributed by atoms with E-state index in [1.807, 2.05) is 44.4 Å². The second kappa shape index (κ2) is 9.66. The second-order valence-electron chi connectivity index (χ2n) is 6.70. The number of H-pyrrole nitrogens is 1. The topological polar surface area (TPSA) is 113 Å². The van der Waals surface area contributed by atoms with Gasteiger partial charge >= 0.3 is 0 Å². The quantitative estimate of drug-likeness (QED) is 0.472. The summed E-state index contributed by atoms with van der Waals surface area (Å²) >= 11 is 2.60. The summed E-state index contributed by atoms with van der Waals surface area (Å²) in [6.07, 6.45) is 0. The minimum Gasteiger partial charge on any atom is -0.342 e. The SMILES string of the molecule is Cc1csc(NC(=O)CSc2n[nH]c(C(NC(=O)c3ccccc3)C(C)C)n2)n1. The third kappa shape index (κ3) is 5.88. The molecule has 2 aromatic heterocycles. The Hall–Kier alpha value is -2.72. The van der Waals surface area contributed by atoms with Crippen LogP contribution in [-0.4, -0.2) is 37.7 Å². The van der Waals surface area contributed by atoms with Crippen LogP contribution in [0.4, 0.5) is 5.13 Å². The van der Waals surface area contributed by atoms with Crippen LogP contribution in [0.25, 0.3) is 0 Å². The van der Waals surface area contributed by atoms with Crippen LogP contribution < -0.4 is 10.6 Å². The zero-order valence-corrected chi connectivity index (χ0v) is 17.9. The van der Waals surface area contributed by atoms with Crippen molar-refractivity contribution in [2.75, 3.05) is 11.1 Å². The Morgan fingerprint density at radius 3 is 2.62 bits per heavy atom. The number of nitrogens with one attached hydrogen (secondary N) is 3. The maximum atomic E-state index is 12.5. The van der Waals surface area contributed by atoms with Crippen molar-refractivity contribution >= 4 is 40.0 Å². The molecule has 1 atom stereocenters. The van der Waals surface area contributed by atoms with Gasteiger partial charge in [-0.2, -0.15) is 0 Å². The fourth-order valence-electron chi connectivity index (χ4n) is 2.52. The highest BCUT2D eigenvalue weighted by atomic mass is 32.2. The third-order valence-corrected chi connectivity index (χ3v) is 5.69. The van der Waals surface area contributed by atoms with Gasteiger partial charge in [-0.25, -0.2) is 9.97 Å². The number of aryl methyl sites for hydroxylation is 1. The number of thiazole rings is 1. The summed E-state index contributed by atoms with van der Waals surface area (Å²) in [6.45, 7) is 5.86.